The average Bonchev–Trinajstić information content (AvgIpc) is 2.97. The maximum atomic E-state index is 12.8. The number of carbonyl (C=O) groups is 1. The first-order valence-corrected chi connectivity index (χ1v) is 8.38. The number of methoxy groups -OCH3 is 1. The van der Waals surface area contributed by atoms with Crippen LogP contribution in [0, 0.1) is 0 Å². The van der Waals surface area contributed by atoms with E-state index >= 15 is 0 Å². The fraction of sp³-hybridized carbons (Fsp3) is 0.500. The molecule has 1 fully saturated rings. The Morgan fingerprint density at radius 3 is 3.04 bits per heavy atom. The minimum absolute atomic E-state index is 0.0534. The van der Waals surface area contributed by atoms with Gasteiger partial charge in [0.05, 0.1) is 38.5 Å². The number of benzene rings is 1. The quantitative estimate of drug-likeness (QED) is 0.816. The molecule has 1 aromatic carbocycles. The number of fused-ring (bicyclic) bond motifs is 1. The van der Waals surface area contributed by atoms with E-state index < -0.39 is 0 Å². The Morgan fingerprint density at radius 1 is 1.44 bits per heavy atom. The van der Waals surface area contributed by atoms with Crippen LogP contribution < -0.4 is 10.1 Å². The summed E-state index contributed by atoms with van der Waals surface area (Å²) in [4.78, 5) is 12.8. The van der Waals surface area contributed by atoms with Gasteiger partial charge in [0.15, 0.2) is 0 Å². The van der Waals surface area contributed by atoms with Crippen molar-refractivity contribution < 1.29 is 24.1 Å². The first-order valence-electron chi connectivity index (χ1n) is 8.38. The molecule has 1 aromatic heterocycles. The number of aliphatic hydroxyl groups is 1. The number of rotatable bonds is 6. The van der Waals surface area contributed by atoms with Gasteiger partial charge in [0.1, 0.15) is 17.5 Å². The minimum Gasteiger partial charge on any atom is -0.497 e. The monoisotopic (exact) mass is 348 g/mol. The molecule has 2 aromatic rings. The molecular weight excluding hydrogens is 324 g/mol. The van der Waals surface area contributed by atoms with E-state index in [9.17, 15) is 4.79 Å². The highest BCUT2D eigenvalue weighted by atomic mass is 16.5. The van der Waals surface area contributed by atoms with Crippen LogP contribution in [0.5, 0.6) is 5.75 Å². The number of aliphatic hydroxyl groups excluding tert-OH is 1. The van der Waals surface area contributed by atoms with E-state index in [2.05, 4.69) is 5.32 Å². The normalized spacial score (nSPS) is 20.6. The number of hydrogen-bond donors (Lipinski definition) is 2. The van der Waals surface area contributed by atoms with Crippen molar-refractivity contribution in [2.75, 3.05) is 33.5 Å². The Bertz CT molecular complexity index is 742. The number of hydrogen-bond acceptors (Lipinski definition) is 5. The van der Waals surface area contributed by atoms with Crippen molar-refractivity contribution in [3.8, 4) is 5.75 Å². The van der Waals surface area contributed by atoms with E-state index in [1.807, 2.05) is 35.9 Å². The second-order valence-electron chi connectivity index (χ2n) is 6.09. The molecular formula is C18H24N2O5. The Hall–Kier alpha value is -2.09. The van der Waals surface area contributed by atoms with Crippen molar-refractivity contribution in [1.29, 1.82) is 0 Å². The van der Waals surface area contributed by atoms with Crippen LogP contribution in [-0.2, 0) is 16.5 Å². The molecule has 0 aliphatic carbocycles. The summed E-state index contributed by atoms with van der Waals surface area (Å²) in [5, 5.41) is 13.0. The molecule has 0 radical (unpaired) electrons. The smallest absolute Gasteiger partial charge is 0.268 e. The molecule has 0 bridgehead atoms. The van der Waals surface area contributed by atoms with E-state index in [-0.39, 0.29) is 31.3 Å². The molecule has 25 heavy (non-hydrogen) atoms. The third kappa shape index (κ3) is 3.78. The number of aryl methyl sites for hydroxylation is 1. The highest BCUT2D eigenvalue weighted by molar-refractivity contribution is 5.99. The molecule has 1 aliphatic heterocycles. The lowest BCUT2D eigenvalue weighted by molar-refractivity contribution is -0.0737. The number of aromatic nitrogens is 1. The number of carbonyl (C=O) groups excluding carboxylic acids is 1. The average molecular weight is 348 g/mol. The van der Waals surface area contributed by atoms with Gasteiger partial charge >= 0.3 is 0 Å². The second kappa shape index (κ2) is 7.86. The third-order valence-electron chi connectivity index (χ3n) is 4.53. The molecule has 2 atom stereocenters. The number of nitrogens with zero attached hydrogens (tertiary/aromatic N) is 1. The maximum Gasteiger partial charge on any atom is 0.268 e. The van der Waals surface area contributed by atoms with E-state index in [1.54, 1.807) is 7.11 Å². The van der Waals surface area contributed by atoms with Gasteiger partial charge in [0, 0.05) is 25.1 Å². The van der Waals surface area contributed by atoms with Crippen molar-refractivity contribution in [3.63, 3.8) is 0 Å². The molecule has 1 amide bonds. The summed E-state index contributed by atoms with van der Waals surface area (Å²) in [6, 6.07) is 7.45. The molecule has 1 aliphatic rings. The van der Waals surface area contributed by atoms with E-state index in [4.69, 9.17) is 19.3 Å². The highest BCUT2D eigenvalue weighted by Gasteiger charge is 2.29. The maximum absolute atomic E-state index is 12.8. The molecule has 3 rings (SSSR count). The Morgan fingerprint density at radius 2 is 2.28 bits per heavy atom. The van der Waals surface area contributed by atoms with Gasteiger partial charge in [0.2, 0.25) is 0 Å². The van der Waals surface area contributed by atoms with Gasteiger partial charge in [-0.3, -0.25) is 4.79 Å². The summed E-state index contributed by atoms with van der Waals surface area (Å²) in [6.07, 6.45) is 0.430. The van der Waals surface area contributed by atoms with Crippen LogP contribution in [0.2, 0.25) is 0 Å². The van der Waals surface area contributed by atoms with Crippen molar-refractivity contribution in [1.82, 2.24) is 9.88 Å². The summed E-state index contributed by atoms with van der Waals surface area (Å²) >= 11 is 0. The molecule has 0 spiro atoms. The van der Waals surface area contributed by atoms with Gasteiger partial charge in [-0.1, -0.05) is 0 Å². The SMILES string of the molecule is COc1ccc2cc(C(=O)N[C@@H]3CCOC[C@H]3OCCO)n(C)c2c1. The van der Waals surface area contributed by atoms with Gasteiger partial charge in [-0.25, -0.2) is 0 Å². The van der Waals surface area contributed by atoms with Gasteiger partial charge in [-0.05, 0) is 24.6 Å². The van der Waals surface area contributed by atoms with Gasteiger partial charge in [-0.2, -0.15) is 0 Å². The molecule has 0 unspecified atom stereocenters. The second-order valence-corrected chi connectivity index (χ2v) is 6.09. The molecule has 7 nitrogen and oxygen atoms in total. The lowest BCUT2D eigenvalue weighted by Crippen LogP contribution is -2.50. The predicted molar refractivity (Wildman–Crippen MR) is 93.0 cm³/mol. The number of nitrogens with one attached hydrogen (secondary N) is 1. The topological polar surface area (TPSA) is 82.0 Å². The van der Waals surface area contributed by atoms with Crippen LogP contribution in [0.3, 0.4) is 0 Å². The lowest BCUT2D eigenvalue weighted by atomic mass is 10.1. The Labute approximate surface area is 146 Å². The van der Waals surface area contributed by atoms with Crippen molar-refractivity contribution in [3.05, 3.63) is 30.0 Å². The van der Waals surface area contributed by atoms with Crippen molar-refractivity contribution in [2.45, 2.75) is 18.6 Å². The van der Waals surface area contributed by atoms with Crippen LogP contribution in [0.4, 0.5) is 0 Å². The molecule has 1 saturated heterocycles. The minimum atomic E-state index is -0.250. The van der Waals surface area contributed by atoms with Gasteiger partial charge < -0.3 is 29.2 Å². The van der Waals surface area contributed by atoms with Gasteiger partial charge in [0.25, 0.3) is 5.91 Å². The fourth-order valence-electron chi connectivity index (χ4n) is 3.14. The summed E-state index contributed by atoms with van der Waals surface area (Å²) in [7, 11) is 3.48. The van der Waals surface area contributed by atoms with Gasteiger partial charge in [-0.15, -0.1) is 0 Å². The molecule has 136 valence electrons. The fourth-order valence-corrected chi connectivity index (χ4v) is 3.14. The zero-order valence-electron chi connectivity index (χ0n) is 14.5. The summed E-state index contributed by atoms with van der Waals surface area (Å²) in [6.45, 7) is 1.17. The molecule has 2 heterocycles. The van der Waals surface area contributed by atoms with Crippen LogP contribution in [-0.4, -0.2) is 61.3 Å². The summed E-state index contributed by atoms with van der Waals surface area (Å²) in [5.74, 6) is 0.602. The first-order chi connectivity index (χ1) is 12.1. The predicted octanol–water partition coefficient (Wildman–Crippen LogP) is 1.08. The van der Waals surface area contributed by atoms with E-state index in [0.29, 0.717) is 25.3 Å². The van der Waals surface area contributed by atoms with E-state index in [1.165, 1.54) is 0 Å². The third-order valence-corrected chi connectivity index (χ3v) is 4.53. The van der Waals surface area contributed by atoms with Crippen LogP contribution >= 0.6 is 0 Å². The lowest BCUT2D eigenvalue weighted by Gasteiger charge is -2.32. The largest absolute Gasteiger partial charge is 0.497 e. The van der Waals surface area contributed by atoms with Crippen LogP contribution in [0.25, 0.3) is 10.9 Å². The standard InChI is InChI=1S/C18H24N2O5/c1-20-15-10-13(23-2)4-3-12(15)9-16(20)18(22)19-14-5-7-24-11-17(14)25-8-6-21/h3-4,9-10,14,17,21H,5-8,11H2,1-2H3,(H,19,22)/t14-,17-/m1/s1. The van der Waals surface area contributed by atoms with Crippen molar-refractivity contribution >= 4 is 16.8 Å². The molecule has 7 heteroatoms. The number of amides is 1. The van der Waals surface area contributed by atoms with Crippen LogP contribution in [0.1, 0.15) is 16.9 Å². The zero-order valence-corrected chi connectivity index (χ0v) is 14.5. The number of ether oxygens (including phenoxy) is 3. The molecule has 0 saturated carbocycles. The molecule has 2 N–H and O–H groups in total. The Balaban J connectivity index is 1.78. The van der Waals surface area contributed by atoms with Crippen molar-refractivity contribution in [2.24, 2.45) is 7.05 Å². The zero-order chi connectivity index (χ0) is 17.8. The first kappa shape index (κ1) is 17.7. The Kier molecular flexibility index (Phi) is 5.57. The van der Waals surface area contributed by atoms with Crippen LogP contribution in [0.15, 0.2) is 24.3 Å². The van der Waals surface area contributed by atoms with E-state index in [0.717, 1.165) is 16.7 Å². The summed E-state index contributed by atoms with van der Waals surface area (Å²) < 4.78 is 18.1. The summed E-state index contributed by atoms with van der Waals surface area (Å²) in [5.41, 5.74) is 1.51. The highest BCUT2D eigenvalue weighted by Crippen LogP contribution is 2.24.